The fraction of sp³-hybridized carbons (Fsp3) is 0.375. The number of imidazole rings is 1. The molecule has 0 fully saturated rings. The van der Waals surface area contributed by atoms with Gasteiger partial charge in [-0.15, -0.1) is 0 Å². The first-order chi connectivity index (χ1) is 14.3. The first-order valence-corrected chi connectivity index (χ1v) is 10.5. The maximum absolute atomic E-state index is 5.53. The average Bonchev–Trinajstić information content (AvgIpc) is 3.39. The van der Waals surface area contributed by atoms with E-state index >= 15 is 0 Å². The highest BCUT2D eigenvalue weighted by Gasteiger charge is 2.17. The molecule has 1 aromatic heterocycles. The molecule has 0 aliphatic carbocycles. The maximum Gasteiger partial charge on any atom is 0.231 e. The van der Waals surface area contributed by atoms with Gasteiger partial charge in [-0.05, 0) is 37.1 Å². The van der Waals surface area contributed by atoms with Crippen molar-refractivity contribution < 1.29 is 9.47 Å². The summed E-state index contributed by atoms with van der Waals surface area (Å²) in [6, 6.07) is 16.6. The minimum absolute atomic E-state index is 0.313. The van der Waals surface area contributed by atoms with Crippen molar-refractivity contribution in [2.24, 2.45) is 0 Å². The molecule has 29 heavy (non-hydrogen) atoms. The van der Waals surface area contributed by atoms with Crippen LogP contribution in [0.15, 0.2) is 48.5 Å². The van der Waals surface area contributed by atoms with Crippen LogP contribution in [0.5, 0.6) is 11.5 Å². The van der Waals surface area contributed by atoms with Crippen molar-refractivity contribution in [2.45, 2.75) is 46.2 Å². The van der Waals surface area contributed by atoms with E-state index in [1.54, 1.807) is 0 Å². The van der Waals surface area contributed by atoms with Gasteiger partial charge in [0.05, 0.1) is 11.4 Å². The predicted octanol–water partition coefficient (Wildman–Crippen LogP) is 5.17. The molecule has 3 aromatic rings. The monoisotopic (exact) mass is 391 g/mol. The Morgan fingerprint density at radius 3 is 2.62 bits per heavy atom. The van der Waals surface area contributed by atoms with E-state index in [4.69, 9.17) is 14.5 Å². The van der Waals surface area contributed by atoms with Gasteiger partial charge in [0.1, 0.15) is 5.82 Å². The third kappa shape index (κ3) is 4.62. The number of rotatable bonds is 9. The fourth-order valence-corrected chi connectivity index (χ4v) is 3.66. The van der Waals surface area contributed by atoms with Crippen LogP contribution in [-0.2, 0) is 19.5 Å². The number of aryl methyl sites for hydroxylation is 1. The first kappa shape index (κ1) is 19.5. The molecule has 1 aliphatic heterocycles. The van der Waals surface area contributed by atoms with Crippen LogP contribution in [0, 0.1) is 0 Å². The van der Waals surface area contributed by atoms with E-state index in [2.05, 4.69) is 60.1 Å². The van der Waals surface area contributed by atoms with Crippen LogP contribution in [0.1, 0.15) is 43.6 Å². The molecule has 4 rings (SSSR count). The number of fused-ring (bicyclic) bond motifs is 1. The summed E-state index contributed by atoms with van der Waals surface area (Å²) in [6.07, 6.45) is 3.33. The van der Waals surface area contributed by atoms with Gasteiger partial charge in [0.25, 0.3) is 0 Å². The van der Waals surface area contributed by atoms with Crippen molar-refractivity contribution in [2.75, 3.05) is 13.3 Å². The Labute approximate surface area is 172 Å². The second-order valence-corrected chi connectivity index (χ2v) is 7.47. The Balaban J connectivity index is 1.53. The van der Waals surface area contributed by atoms with Crippen LogP contribution in [0.25, 0.3) is 11.4 Å². The van der Waals surface area contributed by atoms with Crippen LogP contribution in [-0.4, -0.2) is 28.2 Å². The zero-order chi connectivity index (χ0) is 20.1. The molecule has 2 aromatic carbocycles. The van der Waals surface area contributed by atoms with Gasteiger partial charge in [-0.1, -0.05) is 56.7 Å². The number of aromatic nitrogens is 2. The molecule has 5 nitrogen and oxygen atoms in total. The normalized spacial score (nSPS) is 12.7. The highest BCUT2D eigenvalue weighted by molar-refractivity contribution is 5.55. The minimum Gasteiger partial charge on any atom is -0.454 e. The molecule has 1 aliphatic rings. The summed E-state index contributed by atoms with van der Waals surface area (Å²) >= 11 is 0. The van der Waals surface area contributed by atoms with E-state index in [0.29, 0.717) is 6.79 Å². The first-order valence-electron chi connectivity index (χ1n) is 10.5. The van der Waals surface area contributed by atoms with Crippen molar-refractivity contribution in [3.8, 4) is 22.9 Å². The number of nitrogens with zero attached hydrogens (tertiary/aromatic N) is 2. The largest absolute Gasteiger partial charge is 0.454 e. The predicted molar refractivity (Wildman–Crippen MR) is 115 cm³/mol. The SMILES string of the molecule is CCCCc1nc(-c2ccccc2)[nH]c1CN(CC)Cc1ccc2c(c1)OCO2. The fourth-order valence-electron chi connectivity index (χ4n) is 3.66. The zero-order valence-electron chi connectivity index (χ0n) is 17.3. The quantitative estimate of drug-likeness (QED) is 0.547. The topological polar surface area (TPSA) is 50.4 Å². The second kappa shape index (κ2) is 9.14. The van der Waals surface area contributed by atoms with Gasteiger partial charge in [-0.2, -0.15) is 0 Å². The number of unbranched alkanes of at least 4 members (excludes halogenated alkanes) is 1. The Bertz CT molecular complexity index is 937. The van der Waals surface area contributed by atoms with Gasteiger partial charge >= 0.3 is 0 Å². The lowest BCUT2D eigenvalue weighted by Crippen LogP contribution is -2.23. The van der Waals surface area contributed by atoms with E-state index in [1.165, 1.54) is 23.4 Å². The highest BCUT2D eigenvalue weighted by atomic mass is 16.7. The van der Waals surface area contributed by atoms with Crippen LogP contribution < -0.4 is 9.47 Å². The van der Waals surface area contributed by atoms with E-state index in [-0.39, 0.29) is 0 Å². The molecule has 2 heterocycles. The molecule has 152 valence electrons. The lowest BCUT2D eigenvalue weighted by molar-refractivity contribution is 0.174. The van der Waals surface area contributed by atoms with Crippen molar-refractivity contribution in [1.29, 1.82) is 0 Å². The van der Waals surface area contributed by atoms with Gasteiger partial charge in [-0.25, -0.2) is 4.98 Å². The molecule has 0 saturated heterocycles. The third-order valence-corrected chi connectivity index (χ3v) is 5.35. The number of benzene rings is 2. The summed E-state index contributed by atoms with van der Waals surface area (Å²) in [5.41, 5.74) is 4.78. The molecule has 0 bridgehead atoms. The number of hydrogen-bond donors (Lipinski definition) is 1. The summed E-state index contributed by atoms with van der Waals surface area (Å²) in [5.74, 6) is 2.64. The van der Waals surface area contributed by atoms with Crippen molar-refractivity contribution >= 4 is 0 Å². The standard InChI is InChI=1S/C24H29N3O2/c1-3-5-11-20-21(26-24(25-20)19-9-7-6-8-10-19)16-27(4-2)15-18-12-13-22-23(14-18)29-17-28-22/h6-10,12-14H,3-5,11,15-17H2,1-2H3,(H,25,26). The summed E-state index contributed by atoms with van der Waals surface area (Å²) in [7, 11) is 0. The van der Waals surface area contributed by atoms with E-state index in [9.17, 15) is 0 Å². The number of nitrogens with one attached hydrogen (secondary N) is 1. The van der Waals surface area contributed by atoms with Gasteiger partial charge in [0.15, 0.2) is 11.5 Å². The van der Waals surface area contributed by atoms with Gasteiger partial charge in [0.2, 0.25) is 6.79 Å². The van der Waals surface area contributed by atoms with Gasteiger partial charge in [-0.3, -0.25) is 4.90 Å². The Morgan fingerprint density at radius 2 is 1.83 bits per heavy atom. The Kier molecular flexibility index (Phi) is 6.15. The second-order valence-electron chi connectivity index (χ2n) is 7.47. The summed E-state index contributed by atoms with van der Waals surface area (Å²) in [5, 5.41) is 0. The average molecular weight is 392 g/mol. The smallest absolute Gasteiger partial charge is 0.231 e. The number of aromatic amines is 1. The molecule has 0 saturated carbocycles. The molecule has 0 atom stereocenters. The molecule has 0 radical (unpaired) electrons. The molecule has 0 unspecified atom stereocenters. The van der Waals surface area contributed by atoms with Crippen molar-refractivity contribution in [1.82, 2.24) is 14.9 Å². The Morgan fingerprint density at radius 1 is 1.00 bits per heavy atom. The molecular formula is C24H29N3O2. The minimum atomic E-state index is 0.313. The van der Waals surface area contributed by atoms with Crippen molar-refractivity contribution in [3.05, 3.63) is 65.5 Å². The van der Waals surface area contributed by atoms with Crippen LogP contribution in [0.4, 0.5) is 0 Å². The molecule has 0 spiro atoms. The van der Waals surface area contributed by atoms with Crippen LogP contribution >= 0.6 is 0 Å². The summed E-state index contributed by atoms with van der Waals surface area (Å²) in [6.45, 7) is 7.41. The van der Waals surface area contributed by atoms with Gasteiger partial charge < -0.3 is 14.5 Å². The van der Waals surface area contributed by atoms with Crippen LogP contribution in [0.2, 0.25) is 0 Å². The van der Waals surface area contributed by atoms with Crippen LogP contribution in [0.3, 0.4) is 0 Å². The van der Waals surface area contributed by atoms with E-state index < -0.39 is 0 Å². The maximum atomic E-state index is 5.53. The lowest BCUT2D eigenvalue weighted by Gasteiger charge is -2.20. The molecule has 5 heteroatoms. The van der Waals surface area contributed by atoms with Crippen molar-refractivity contribution in [3.63, 3.8) is 0 Å². The highest BCUT2D eigenvalue weighted by Crippen LogP contribution is 2.33. The lowest BCUT2D eigenvalue weighted by atomic mass is 10.1. The van der Waals surface area contributed by atoms with E-state index in [1.807, 2.05) is 12.1 Å². The zero-order valence-corrected chi connectivity index (χ0v) is 17.3. The summed E-state index contributed by atoms with van der Waals surface area (Å²) in [4.78, 5) is 11.0. The third-order valence-electron chi connectivity index (χ3n) is 5.35. The molecule has 1 N–H and O–H groups in total. The number of hydrogen-bond acceptors (Lipinski definition) is 4. The number of H-pyrrole nitrogens is 1. The van der Waals surface area contributed by atoms with Gasteiger partial charge in [0, 0.05) is 18.7 Å². The summed E-state index contributed by atoms with van der Waals surface area (Å²) < 4.78 is 11.0. The number of ether oxygens (including phenoxy) is 2. The molecule has 0 amide bonds. The Hall–Kier alpha value is -2.79. The molecular weight excluding hydrogens is 362 g/mol. The van der Waals surface area contributed by atoms with E-state index in [0.717, 1.165) is 55.4 Å².